The summed E-state index contributed by atoms with van der Waals surface area (Å²) in [6, 6.07) is 9.04. The number of amides is 1. The lowest BCUT2D eigenvalue weighted by molar-refractivity contribution is -0.124. The maximum atomic E-state index is 12.8. The van der Waals surface area contributed by atoms with Gasteiger partial charge in [0.2, 0.25) is 5.91 Å². The molecule has 1 saturated carbocycles. The van der Waals surface area contributed by atoms with Crippen LogP contribution in [0.2, 0.25) is 0 Å². The third-order valence-electron chi connectivity index (χ3n) is 6.76. The fraction of sp³-hybridized carbons (Fsp3) is 0.696. The second kappa shape index (κ2) is 9.59. The second-order valence-electron chi connectivity index (χ2n) is 8.55. The van der Waals surface area contributed by atoms with Gasteiger partial charge in [0.1, 0.15) is 5.75 Å². The first kappa shape index (κ1) is 20.2. The molecule has 1 aliphatic heterocycles. The molecule has 4 atom stereocenters. The SMILES string of the molecule is COc1ccc(C2CCCCCN2CC(=O)NC2CCCC(C)C2C)cc1. The Labute approximate surface area is 164 Å². The highest BCUT2D eigenvalue weighted by atomic mass is 16.5. The zero-order valence-corrected chi connectivity index (χ0v) is 17.2. The lowest BCUT2D eigenvalue weighted by Crippen LogP contribution is -2.47. The zero-order valence-electron chi connectivity index (χ0n) is 17.2. The van der Waals surface area contributed by atoms with Crippen molar-refractivity contribution in [2.45, 2.75) is 70.9 Å². The summed E-state index contributed by atoms with van der Waals surface area (Å²) in [6.07, 6.45) is 8.42. The molecule has 1 heterocycles. The second-order valence-corrected chi connectivity index (χ2v) is 8.55. The molecule has 0 bridgehead atoms. The van der Waals surface area contributed by atoms with Gasteiger partial charge in [-0.3, -0.25) is 9.69 Å². The quantitative estimate of drug-likeness (QED) is 0.824. The number of hydrogen-bond acceptors (Lipinski definition) is 3. The molecule has 0 aromatic heterocycles. The molecule has 3 rings (SSSR count). The van der Waals surface area contributed by atoms with E-state index in [0.717, 1.165) is 25.1 Å². The fourth-order valence-electron chi connectivity index (χ4n) is 4.78. The Balaban J connectivity index is 1.65. The molecule has 1 aliphatic carbocycles. The number of hydrogen-bond donors (Lipinski definition) is 1. The van der Waals surface area contributed by atoms with E-state index >= 15 is 0 Å². The van der Waals surface area contributed by atoms with Crippen LogP contribution >= 0.6 is 0 Å². The zero-order chi connectivity index (χ0) is 19.2. The highest BCUT2D eigenvalue weighted by Gasteiger charge is 2.30. The molecule has 2 fully saturated rings. The summed E-state index contributed by atoms with van der Waals surface area (Å²) in [4.78, 5) is 15.2. The Morgan fingerprint density at radius 1 is 1.07 bits per heavy atom. The van der Waals surface area contributed by atoms with Crippen LogP contribution in [0.1, 0.15) is 70.4 Å². The molecule has 150 valence electrons. The van der Waals surface area contributed by atoms with E-state index in [1.54, 1.807) is 7.11 Å². The van der Waals surface area contributed by atoms with Crippen molar-refractivity contribution in [1.29, 1.82) is 0 Å². The third-order valence-corrected chi connectivity index (χ3v) is 6.76. The number of carbonyl (C=O) groups excluding carboxylic acids is 1. The highest BCUT2D eigenvalue weighted by Crippen LogP contribution is 2.32. The average molecular weight is 373 g/mol. The topological polar surface area (TPSA) is 41.6 Å². The molecule has 1 aromatic carbocycles. The number of nitrogens with zero attached hydrogens (tertiary/aromatic N) is 1. The number of ether oxygens (including phenoxy) is 1. The molecule has 4 unspecified atom stereocenters. The van der Waals surface area contributed by atoms with E-state index in [9.17, 15) is 4.79 Å². The van der Waals surface area contributed by atoms with Gasteiger partial charge in [-0.25, -0.2) is 0 Å². The Morgan fingerprint density at radius 2 is 1.85 bits per heavy atom. The van der Waals surface area contributed by atoms with Crippen LogP contribution < -0.4 is 10.1 Å². The largest absolute Gasteiger partial charge is 0.497 e. The van der Waals surface area contributed by atoms with Crippen molar-refractivity contribution in [3.05, 3.63) is 29.8 Å². The van der Waals surface area contributed by atoms with Crippen LogP contribution in [-0.4, -0.2) is 37.0 Å². The molecule has 0 spiro atoms. The first-order valence-electron chi connectivity index (χ1n) is 10.8. The van der Waals surface area contributed by atoms with Crippen molar-refractivity contribution in [1.82, 2.24) is 10.2 Å². The van der Waals surface area contributed by atoms with Gasteiger partial charge >= 0.3 is 0 Å². The normalized spacial score (nSPS) is 29.7. The fourth-order valence-corrected chi connectivity index (χ4v) is 4.78. The van der Waals surface area contributed by atoms with Crippen LogP contribution in [0.15, 0.2) is 24.3 Å². The average Bonchev–Trinajstić information content (AvgIpc) is 2.91. The lowest BCUT2D eigenvalue weighted by atomic mass is 9.78. The van der Waals surface area contributed by atoms with Gasteiger partial charge in [-0.15, -0.1) is 0 Å². The van der Waals surface area contributed by atoms with Gasteiger partial charge in [0.15, 0.2) is 0 Å². The molecule has 1 saturated heterocycles. The molecular weight excluding hydrogens is 336 g/mol. The molecule has 27 heavy (non-hydrogen) atoms. The summed E-state index contributed by atoms with van der Waals surface area (Å²) in [6.45, 7) is 6.12. The Morgan fingerprint density at radius 3 is 2.59 bits per heavy atom. The smallest absolute Gasteiger partial charge is 0.234 e. The van der Waals surface area contributed by atoms with E-state index < -0.39 is 0 Å². The molecule has 0 radical (unpaired) electrons. The van der Waals surface area contributed by atoms with Crippen molar-refractivity contribution in [3.63, 3.8) is 0 Å². The molecule has 1 aromatic rings. The van der Waals surface area contributed by atoms with E-state index in [2.05, 4.69) is 36.2 Å². The molecule has 2 aliphatic rings. The summed E-state index contributed by atoms with van der Waals surface area (Å²) in [5.74, 6) is 2.36. The minimum Gasteiger partial charge on any atom is -0.497 e. The standard InChI is InChI=1S/C23H36N2O2/c1-17-8-7-9-21(18(17)2)24-23(26)16-25-15-6-4-5-10-22(25)19-11-13-20(27-3)14-12-19/h11-14,17-18,21-22H,4-10,15-16H2,1-3H3,(H,24,26). The van der Waals surface area contributed by atoms with Gasteiger partial charge in [0, 0.05) is 12.1 Å². The number of carbonyl (C=O) groups is 1. The van der Waals surface area contributed by atoms with E-state index in [0.29, 0.717) is 30.5 Å². The van der Waals surface area contributed by atoms with Crippen LogP contribution in [0.4, 0.5) is 0 Å². The van der Waals surface area contributed by atoms with Crippen molar-refractivity contribution in [2.75, 3.05) is 20.2 Å². The summed E-state index contributed by atoms with van der Waals surface area (Å²) in [5.41, 5.74) is 1.30. The van der Waals surface area contributed by atoms with Crippen LogP contribution in [0.25, 0.3) is 0 Å². The number of methoxy groups -OCH3 is 1. The minimum absolute atomic E-state index is 0.196. The summed E-state index contributed by atoms with van der Waals surface area (Å²) >= 11 is 0. The molecule has 4 heteroatoms. The van der Waals surface area contributed by atoms with E-state index in [1.807, 2.05) is 12.1 Å². The number of likely N-dealkylation sites (tertiary alicyclic amines) is 1. The van der Waals surface area contributed by atoms with Crippen LogP contribution in [0.3, 0.4) is 0 Å². The predicted molar refractivity (Wildman–Crippen MR) is 110 cm³/mol. The Bertz CT molecular complexity index is 601. The molecule has 4 nitrogen and oxygen atoms in total. The maximum Gasteiger partial charge on any atom is 0.234 e. The first-order chi connectivity index (χ1) is 13.1. The van der Waals surface area contributed by atoms with Gasteiger partial charge in [0.05, 0.1) is 13.7 Å². The Hall–Kier alpha value is -1.55. The number of benzene rings is 1. The summed E-state index contributed by atoms with van der Waals surface area (Å²) in [5, 5.41) is 3.36. The first-order valence-corrected chi connectivity index (χ1v) is 10.8. The van der Waals surface area contributed by atoms with Gasteiger partial charge < -0.3 is 10.1 Å². The lowest BCUT2D eigenvalue weighted by Gasteiger charge is -2.36. The highest BCUT2D eigenvalue weighted by molar-refractivity contribution is 5.78. The predicted octanol–water partition coefficient (Wildman–Crippen LogP) is 4.55. The van der Waals surface area contributed by atoms with E-state index in [1.165, 1.54) is 37.7 Å². The number of rotatable bonds is 5. The van der Waals surface area contributed by atoms with Crippen molar-refractivity contribution in [2.24, 2.45) is 11.8 Å². The summed E-state index contributed by atoms with van der Waals surface area (Å²) in [7, 11) is 1.70. The molecular formula is C23H36N2O2. The molecule has 1 amide bonds. The minimum atomic E-state index is 0.196. The van der Waals surface area contributed by atoms with Crippen molar-refractivity contribution in [3.8, 4) is 5.75 Å². The van der Waals surface area contributed by atoms with Crippen LogP contribution in [0, 0.1) is 11.8 Å². The Kier molecular flexibility index (Phi) is 7.17. The maximum absolute atomic E-state index is 12.8. The van der Waals surface area contributed by atoms with Gasteiger partial charge in [-0.1, -0.05) is 51.7 Å². The van der Waals surface area contributed by atoms with Gasteiger partial charge in [-0.2, -0.15) is 0 Å². The van der Waals surface area contributed by atoms with E-state index in [4.69, 9.17) is 4.74 Å². The van der Waals surface area contributed by atoms with Crippen LogP contribution in [-0.2, 0) is 4.79 Å². The van der Waals surface area contributed by atoms with Crippen molar-refractivity contribution < 1.29 is 9.53 Å². The molecule has 1 N–H and O–H groups in total. The van der Waals surface area contributed by atoms with Crippen LogP contribution in [0.5, 0.6) is 5.75 Å². The van der Waals surface area contributed by atoms with E-state index in [-0.39, 0.29) is 5.91 Å². The van der Waals surface area contributed by atoms with Gasteiger partial charge in [-0.05, 0) is 55.3 Å². The van der Waals surface area contributed by atoms with Gasteiger partial charge in [0.25, 0.3) is 0 Å². The monoisotopic (exact) mass is 372 g/mol. The number of nitrogens with one attached hydrogen (secondary N) is 1. The summed E-state index contributed by atoms with van der Waals surface area (Å²) < 4.78 is 5.30. The third kappa shape index (κ3) is 5.25. The van der Waals surface area contributed by atoms with Crippen molar-refractivity contribution >= 4 is 5.91 Å².